The third-order valence-corrected chi connectivity index (χ3v) is 1.33. The number of ether oxygens (including phenoxy) is 2. The summed E-state index contributed by atoms with van der Waals surface area (Å²) in [5.74, 6) is 0. The van der Waals surface area contributed by atoms with Gasteiger partial charge in [0.05, 0.1) is 5.70 Å². The lowest BCUT2D eigenvalue weighted by atomic mass is 10.5. The summed E-state index contributed by atoms with van der Waals surface area (Å²) >= 11 is 0. The fraction of sp³-hybridized carbons (Fsp3) is 0.400. The van der Waals surface area contributed by atoms with E-state index in [0.717, 1.165) is 5.70 Å². The molecule has 0 saturated carbocycles. The normalized spacial score (nSPS) is 22.9. The van der Waals surface area contributed by atoms with Gasteiger partial charge in [-0.2, -0.15) is 0 Å². The van der Waals surface area contributed by atoms with Crippen LogP contribution in [-0.4, -0.2) is 24.3 Å². The van der Waals surface area contributed by atoms with Gasteiger partial charge < -0.3 is 9.47 Å². The first-order chi connectivity index (χ1) is 4.38. The Kier molecular flexibility index (Phi) is 0.726. The van der Waals surface area contributed by atoms with Crippen molar-refractivity contribution < 1.29 is 14.3 Å². The summed E-state index contributed by atoms with van der Waals surface area (Å²) in [4.78, 5) is 12.1. The van der Waals surface area contributed by atoms with Gasteiger partial charge in [0.15, 0.2) is 6.73 Å². The molecule has 0 aromatic rings. The standard InChI is InChI=1S/C5H5NO3/c7-5-6-3-8-1-4(6)2-9-5/h1H,2-3H2. The SMILES string of the molecule is O=C1OCC2=COCN12. The molecule has 1 saturated heterocycles. The van der Waals surface area contributed by atoms with Crippen LogP contribution in [0.25, 0.3) is 0 Å². The van der Waals surface area contributed by atoms with Crippen LogP contribution in [0.15, 0.2) is 12.0 Å². The molecular formula is C5H5NO3. The summed E-state index contributed by atoms with van der Waals surface area (Å²) in [6.07, 6.45) is 1.24. The summed E-state index contributed by atoms with van der Waals surface area (Å²) in [6, 6.07) is 0. The molecule has 0 aromatic carbocycles. The van der Waals surface area contributed by atoms with Gasteiger partial charge >= 0.3 is 6.09 Å². The van der Waals surface area contributed by atoms with Crippen molar-refractivity contribution in [3.8, 4) is 0 Å². The van der Waals surface area contributed by atoms with Crippen LogP contribution in [0.3, 0.4) is 0 Å². The number of amides is 1. The predicted molar refractivity (Wildman–Crippen MR) is 27.2 cm³/mol. The number of cyclic esters (lactones) is 1. The fourth-order valence-corrected chi connectivity index (χ4v) is 0.850. The van der Waals surface area contributed by atoms with Crippen LogP contribution in [0.2, 0.25) is 0 Å². The van der Waals surface area contributed by atoms with Gasteiger partial charge in [-0.15, -0.1) is 0 Å². The molecule has 2 aliphatic heterocycles. The second kappa shape index (κ2) is 1.40. The van der Waals surface area contributed by atoms with Gasteiger partial charge in [0.2, 0.25) is 0 Å². The summed E-state index contributed by atoms with van der Waals surface area (Å²) < 4.78 is 9.50. The molecule has 0 unspecified atom stereocenters. The van der Waals surface area contributed by atoms with E-state index in [1.165, 1.54) is 4.90 Å². The number of hydrogen-bond donors (Lipinski definition) is 0. The maximum Gasteiger partial charge on any atom is 0.417 e. The van der Waals surface area contributed by atoms with E-state index in [1.54, 1.807) is 6.26 Å². The molecule has 0 spiro atoms. The third-order valence-electron chi connectivity index (χ3n) is 1.33. The highest BCUT2D eigenvalue weighted by molar-refractivity contribution is 5.73. The van der Waals surface area contributed by atoms with Gasteiger partial charge in [-0.05, 0) is 0 Å². The first-order valence-corrected chi connectivity index (χ1v) is 2.63. The number of rotatable bonds is 0. The smallest absolute Gasteiger partial charge is 0.417 e. The maximum atomic E-state index is 10.6. The minimum Gasteiger partial charge on any atom is -0.478 e. The highest BCUT2D eigenvalue weighted by Gasteiger charge is 2.31. The van der Waals surface area contributed by atoms with Gasteiger partial charge in [0.1, 0.15) is 12.9 Å². The van der Waals surface area contributed by atoms with E-state index >= 15 is 0 Å². The molecule has 9 heavy (non-hydrogen) atoms. The first-order valence-electron chi connectivity index (χ1n) is 2.63. The van der Waals surface area contributed by atoms with E-state index in [9.17, 15) is 4.79 Å². The Labute approximate surface area is 51.6 Å². The zero-order valence-electron chi connectivity index (χ0n) is 4.66. The Morgan fingerprint density at radius 3 is 3.33 bits per heavy atom. The van der Waals surface area contributed by atoms with E-state index in [1.807, 2.05) is 0 Å². The Morgan fingerprint density at radius 2 is 2.56 bits per heavy atom. The van der Waals surface area contributed by atoms with Crippen molar-refractivity contribution >= 4 is 6.09 Å². The highest BCUT2D eigenvalue weighted by atomic mass is 16.6. The molecular weight excluding hydrogens is 122 g/mol. The lowest BCUT2D eigenvalue weighted by Crippen LogP contribution is -2.20. The molecule has 48 valence electrons. The van der Waals surface area contributed by atoms with Gasteiger partial charge in [0, 0.05) is 0 Å². The molecule has 0 aromatic heterocycles. The average Bonchev–Trinajstić information content (AvgIpc) is 2.35. The van der Waals surface area contributed by atoms with Crippen molar-refractivity contribution in [2.24, 2.45) is 0 Å². The van der Waals surface area contributed by atoms with E-state index in [0.29, 0.717) is 13.3 Å². The van der Waals surface area contributed by atoms with E-state index in [-0.39, 0.29) is 6.09 Å². The van der Waals surface area contributed by atoms with Crippen LogP contribution in [0, 0.1) is 0 Å². The van der Waals surface area contributed by atoms with Crippen LogP contribution in [0.4, 0.5) is 4.79 Å². The lowest BCUT2D eigenvalue weighted by Gasteiger charge is -2.02. The predicted octanol–water partition coefficient (Wildman–Crippen LogP) is 0.268. The van der Waals surface area contributed by atoms with E-state index in [2.05, 4.69) is 4.74 Å². The number of carbonyl (C=O) groups is 1. The molecule has 1 fully saturated rings. The monoisotopic (exact) mass is 127 g/mol. The molecule has 4 heteroatoms. The van der Waals surface area contributed by atoms with Crippen LogP contribution in [-0.2, 0) is 9.47 Å². The second-order valence-corrected chi connectivity index (χ2v) is 1.89. The van der Waals surface area contributed by atoms with Crippen LogP contribution in [0.5, 0.6) is 0 Å². The Morgan fingerprint density at radius 1 is 1.67 bits per heavy atom. The maximum absolute atomic E-state index is 10.6. The summed E-state index contributed by atoms with van der Waals surface area (Å²) in [5, 5.41) is 0. The van der Waals surface area contributed by atoms with Gasteiger partial charge in [-0.25, -0.2) is 9.69 Å². The Bertz CT molecular complexity index is 187. The molecule has 0 bridgehead atoms. The minimum absolute atomic E-state index is 0.307. The number of nitrogens with zero attached hydrogens (tertiary/aromatic N) is 1. The van der Waals surface area contributed by atoms with Crippen LogP contribution in [0.1, 0.15) is 0 Å². The zero-order chi connectivity index (χ0) is 6.27. The van der Waals surface area contributed by atoms with Crippen molar-refractivity contribution in [3.63, 3.8) is 0 Å². The highest BCUT2D eigenvalue weighted by Crippen LogP contribution is 2.19. The van der Waals surface area contributed by atoms with Crippen molar-refractivity contribution in [2.45, 2.75) is 0 Å². The lowest BCUT2D eigenvalue weighted by molar-refractivity contribution is 0.128. The topological polar surface area (TPSA) is 38.8 Å². The Balaban J connectivity index is 2.29. The van der Waals surface area contributed by atoms with Gasteiger partial charge in [-0.3, -0.25) is 0 Å². The first kappa shape index (κ1) is 4.67. The fourth-order valence-electron chi connectivity index (χ4n) is 0.850. The van der Waals surface area contributed by atoms with Crippen LogP contribution >= 0.6 is 0 Å². The molecule has 2 heterocycles. The van der Waals surface area contributed by atoms with E-state index in [4.69, 9.17) is 4.74 Å². The minimum atomic E-state index is -0.307. The van der Waals surface area contributed by atoms with Gasteiger partial charge in [0.25, 0.3) is 0 Å². The van der Waals surface area contributed by atoms with Crippen molar-refractivity contribution in [1.82, 2.24) is 4.90 Å². The van der Waals surface area contributed by atoms with Crippen LogP contribution < -0.4 is 0 Å². The molecule has 0 radical (unpaired) electrons. The number of hydrogen-bond acceptors (Lipinski definition) is 3. The Hall–Kier alpha value is -1.19. The second-order valence-electron chi connectivity index (χ2n) is 1.89. The average molecular weight is 127 g/mol. The third kappa shape index (κ3) is 0.497. The quantitative estimate of drug-likeness (QED) is 0.468. The summed E-state index contributed by atoms with van der Waals surface area (Å²) in [5.41, 5.74) is 0.819. The molecule has 0 atom stereocenters. The van der Waals surface area contributed by atoms with Gasteiger partial charge in [-0.1, -0.05) is 0 Å². The summed E-state index contributed by atoms with van der Waals surface area (Å²) in [7, 11) is 0. The molecule has 2 aliphatic rings. The van der Waals surface area contributed by atoms with E-state index < -0.39 is 0 Å². The molecule has 2 rings (SSSR count). The number of fused-ring (bicyclic) bond motifs is 1. The molecule has 1 amide bonds. The number of carbonyl (C=O) groups excluding carboxylic acids is 1. The van der Waals surface area contributed by atoms with Crippen molar-refractivity contribution in [1.29, 1.82) is 0 Å². The molecule has 0 N–H and O–H groups in total. The summed E-state index contributed by atoms with van der Waals surface area (Å²) in [6.45, 7) is 0.674. The largest absolute Gasteiger partial charge is 0.478 e. The molecule has 0 aliphatic carbocycles. The van der Waals surface area contributed by atoms with Crippen molar-refractivity contribution in [3.05, 3.63) is 12.0 Å². The molecule has 4 nitrogen and oxygen atoms in total. The zero-order valence-corrected chi connectivity index (χ0v) is 4.66. The van der Waals surface area contributed by atoms with Crippen molar-refractivity contribution in [2.75, 3.05) is 13.3 Å².